The predicted octanol–water partition coefficient (Wildman–Crippen LogP) is 6.16. The van der Waals surface area contributed by atoms with E-state index in [4.69, 9.17) is 21.1 Å². The molecule has 5 heteroatoms. The number of hydrogen-bond donors (Lipinski definition) is 0. The summed E-state index contributed by atoms with van der Waals surface area (Å²) >= 11 is 6.15. The first-order valence-electron chi connectivity index (χ1n) is 10.3. The van der Waals surface area contributed by atoms with Crippen LogP contribution in [0.15, 0.2) is 60.7 Å². The summed E-state index contributed by atoms with van der Waals surface area (Å²) in [6.07, 6.45) is 0.297. The lowest BCUT2D eigenvalue weighted by Crippen LogP contribution is -2.41. The molecule has 4 nitrogen and oxygen atoms in total. The van der Waals surface area contributed by atoms with Crippen LogP contribution in [-0.2, 0) is 11.2 Å². The summed E-state index contributed by atoms with van der Waals surface area (Å²) < 4.78 is 11.0. The van der Waals surface area contributed by atoms with Crippen molar-refractivity contribution in [1.29, 1.82) is 0 Å². The van der Waals surface area contributed by atoms with Gasteiger partial charge in [0.2, 0.25) is 5.91 Å². The molecule has 0 unspecified atom stereocenters. The Labute approximate surface area is 188 Å². The molecule has 1 heterocycles. The third-order valence-corrected chi connectivity index (χ3v) is 6.08. The third kappa shape index (κ3) is 4.00. The molecule has 0 saturated carbocycles. The van der Waals surface area contributed by atoms with Crippen LogP contribution >= 0.6 is 11.6 Å². The van der Waals surface area contributed by atoms with Crippen LogP contribution in [0.3, 0.4) is 0 Å². The molecule has 0 saturated heterocycles. The number of carbonyl (C=O) groups excluding carboxylic acids is 1. The summed E-state index contributed by atoms with van der Waals surface area (Å²) in [5.41, 5.74) is 5.06. The molecule has 1 amide bonds. The number of benzene rings is 3. The summed E-state index contributed by atoms with van der Waals surface area (Å²) in [7, 11) is 3.23. The Morgan fingerprint density at radius 1 is 0.935 bits per heavy atom. The number of rotatable bonds is 5. The molecule has 4 rings (SSSR count). The lowest BCUT2D eigenvalue weighted by Gasteiger charge is -2.38. The summed E-state index contributed by atoms with van der Waals surface area (Å²) in [5, 5.41) is 0.659. The van der Waals surface area contributed by atoms with Crippen LogP contribution in [0.4, 0.5) is 5.69 Å². The Hall–Kier alpha value is -2.98. The molecule has 31 heavy (non-hydrogen) atoms. The molecule has 0 radical (unpaired) electrons. The van der Waals surface area contributed by atoms with Crippen LogP contribution in [0.1, 0.15) is 48.1 Å². The van der Waals surface area contributed by atoms with E-state index < -0.39 is 0 Å². The highest BCUT2D eigenvalue weighted by molar-refractivity contribution is 6.30. The molecule has 3 aromatic carbocycles. The molecular formula is C26H26ClNO3. The van der Waals surface area contributed by atoms with Gasteiger partial charge in [-0.2, -0.15) is 0 Å². The number of carbonyl (C=O) groups is 1. The average Bonchev–Trinajstić information content (AvgIpc) is 2.78. The van der Waals surface area contributed by atoms with Gasteiger partial charge in [-0.25, -0.2) is 0 Å². The maximum absolute atomic E-state index is 13.4. The Morgan fingerprint density at radius 3 is 2.13 bits per heavy atom. The van der Waals surface area contributed by atoms with Crippen molar-refractivity contribution >= 4 is 23.2 Å². The van der Waals surface area contributed by atoms with Crippen LogP contribution < -0.4 is 14.4 Å². The molecule has 0 aromatic heterocycles. The van der Waals surface area contributed by atoms with Crippen molar-refractivity contribution in [3.8, 4) is 11.5 Å². The highest BCUT2D eigenvalue weighted by Gasteiger charge is 2.36. The van der Waals surface area contributed by atoms with Crippen LogP contribution in [0, 0.1) is 0 Å². The SMILES string of the molecule is COc1cc2c(cc1OC)[C@@H](c1ccc(Cl)cc1)N(c1ccc(C(C)C)cc1)C(=O)C2. The summed E-state index contributed by atoms with van der Waals surface area (Å²) in [6.45, 7) is 4.32. The fraction of sp³-hybridized carbons (Fsp3) is 0.269. The zero-order chi connectivity index (χ0) is 22.1. The van der Waals surface area contributed by atoms with Gasteiger partial charge in [0, 0.05) is 10.7 Å². The number of fused-ring (bicyclic) bond motifs is 1. The Bertz CT molecular complexity index is 1090. The van der Waals surface area contributed by atoms with Gasteiger partial charge in [0.25, 0.3) is 0 Å². The zero-order valence-electron chi connectivity index (χ0n) is 18.2. The topological polar surface area (TPSA) is 38.8 Å². The number of ether oxygens (including phenoxy) is 2. The minimum Gasteiger partial charge on any atom is -0.493 e. The molecule has 0 fully saturated rings. The molecule has 1 aliphatic heterocycles. The molecular weight excluding hydrogens is 410 g/mol. The molecule has 160 valence electrons. The van der Waals surface area contributed by atoms with E-state index in [0.717, 1.165) is 22.4 Å². The molecule has 3 aromatic rings. The third-order valence-electron chi connectivity index (χ3n) is 5.83. The first-order chi connectivity index (χ1) is 14.9. The Kier molecular flexibility index (Phi) is 5.92. The number of halogens is 1. The van der Waals surface area contributed by atoms with Gasteiger partial charge in [-0.15, -0.1) is 0 Å². The number of hydrogen-bond acceptors (Lipinski definition) is 3. The Morgan fingerprint density at radius 2 is 1.55 bits per heavy atom. The Balaban J connectivity index is 1.90. The van der Waals surface area contributed by atoms with E-state index in [0.29, 0.717) is 28.9 Å². The normalized spacial score (nSPS) is 15.7. The van der Waals surface area contributed by atoms with Gasteiger partial charge in [-0.3, -0.25) is 4.79 Å². The predicted molar refractivity (Wildman–Crippen MR) is 125 cm³/mol. The van der Waals surface area contributed by atoms with Gasteiger partial charge in [0.1, 0.15) is 0 Å². The van der Waals surface area contributed by atoms with Crippen molar-refractivity contribution in [2.45, 2.75) is 32.2 Å². The van der Waals surface area contributed by atoms with E-state index in [1.54, 1.807) is 14.2 Å². The maximum Gasteiger partial charge on any atom is 0.232 e. The lowest BCUT2D eigenvalue weighted by molar-refractivity contribution is -0.118. The van der Waals surface area contributed by atoms with Gasteiger partial charge in [0.05, 0.1) is 26.7 Å². The van der Waals surface area contributed by atoms with Gasteiger partial charge in [-0.05, 0) is 64.6 Å². The van der Waals surface area contributed by atoms with Crippen LogP contribution in [0.2, 0.25) is 5.02 Å². The standard InChI is InChI=1S/C26H26ClNO3/c1-16(2)17-7-11-21(12-8-17)28-25(29)14-19-13-23(30-3)24(31-4)15-22(19)26(28)18-5-9-20(27)10-6-18/h5-13,15-16,26H,14H2,1-4H3/t26-/m1/s1. The smallest absolute Gasteiger partial charge is 0.232 e. The van der Waals surface area contributed by atoms with E-state index in [1.165, 1.54) is 5.56 Å². The monoisotopic (exact) mass is 435 g/mol. The lowest BCUT2D eigenvalue weighted by atomic mass is 9.86. The highest BCUT2D eigenvalue weighted by Crippen LogP contribution is 2.43. The van der Waals surface area contributed by atoms with E-state index in [-0.39, 0.29) is 11.9 Å². The highest BCUT2D eigenvalue weighted by atomic mass is 35.5. The van der Waals surface area contributed by atoms with Crippen LogP contribution in [-0.4, -0.2) is 20.1 Å². The maximum atomic E-state index is 13.4. The van der Waals surface area contributed by atoms with Gasteiger partial charge in [0.15, 0.2) is 11.5 Å². The second kappa shape index (κ2) is 8.64. The van der Waals surface area contributed by atoms with Crippen molar-refractivity contribution in [2.75, 3.05) is 19.1 Å². The summed E-state index contributed by atoms with van der Waals surface area (Å²) in [5.74, 6) is 1.73. The molecule has 1 aliphatic rings. The van der Waals surface area contributed by atoms with Crippen LogP contribution in [0.25, 0.3) is 0 Å². The number of methoxy groups -OCH3 is 2. The van der Waals surface area contributed by atoms with Crippen molar-refractivity contribution in [1.82, 2.24) is 0 Å². The first-order valence-corrected chi connectivity index (χ1v) is 10.7. The zero-order valence-corrected chi connectivity index (χ0v) is 18.9. The minimum absolute atomic E-state index is 0.0389. The molecule has 0 spiro atoms. The second-order valence-corrected chi connectivity index (χ2v) is 8.48. The molecule has 0 bridgehead atoms. The van der Waals surface area contributed by atoms with Gasteiger partial charge in [-0.1, -0.05) is 49.7 Å². The summed E-state index contributed by atoms with van der Waals surface area (Å²) in [4.78, 5) is 15.3. The molecule has 0 N–H and O–H groups in total. The number of anilines is 1. The molecule has 1 atom stereocenters. The first kappa shape index (κ1) is 21.3. The van der Waals surface area contributed by atoms with Gasteiger partial charge < -0.3 is 14.4 Å². The van der Waals surface area contributed by atoms with E-state index in [1.807, 2.05) is 53.4 Å². The van der Waals surface area contributed by atoms with Crippen LogP contribution in [0.5, 0.6) is 11.5 Å². The fourth-order valence-corrected chi connectivity index (χ4v) is 4.29. The minimum atomic E-state index is -0.293. The fourth-order valence-electron chi connectivity index (χ4n) is 4.16. The van der Waals surface area contributed by atoms with Crippen molar-refractivity contribution < 1.29 is 14.3 Å². The second-order valence-electron chi connectivity index (χ2n) is 8.05. The quantitative estimate of drug-likeness (QED) is 0.481. The molecule has 0 aliphatic carbocycles. The largest absolute Gasteiger partial charge is 0.493 e. The van der Waals surface area contributed by atoms with E-state index in [2.05, 4.69) is 26.0 Å². The summed E-state index contributed by atoms with van der Waals surface area (Å²) in [6, 6.07) is 19.5. The number of amides is 1. The van der Waals surface area contributed by atoms with Gasteiger partial charge >= 0.3 is 0 Å². The van der Waals surface area contributed by atoms with Crippen molar-refractivity contribution in [3.63, 3.8) is 0 Å². The van der Waals surface area contributed by atoms with E-state index in [9.17, 15) is 4.79 Å². The van der Waals surface area contributed by atoms with Crippen molar-refractivity contribution in [3.05, 3.63) is 87.9 Å². The average molecular weight is 436 g/mol. The van der Waals surface area contributed by atoms with Crippen molar-refractivity contribution in [2.24, 2.45) is 0 Å². The van der Waals surface area contributed by atoms with E-state index >= 15 is 0 Å². The number of nitrogens with zero attached hydrogens (tertiary/aromatic N) is 1.